The molecule has 2 atom stereocenters. The molecule has 6 heteroatoms. The normalized spacial score (nSPS) is 21.7. The van der Waals surface area contributed by atoms with Crippen molar-refractivity contribution >= 4 is 29.1 Å². The van der Waals surface area contributed by atoms with Gasteiger partial charge >= 0.3 is 0 Å². The van der Waals surface area contributed by atoms with Gasteiger partial charge in [0.05, 0.1) is 13.7 Å². The minimum absolute atomic E-state index is 0.0680. The number of methoxy groups -OCH3 is 1. The number of rotatable bonds is 6. The third-order valence-electron chi connectivity index (χ3n) is 4.53. The van der Waals surface area contributed by atoms with E-state index in [1.165, 1.54) is 0 Å². The molecule has 2 aromatic carbocycles. The summed E-state index contributed by atoms with van der Waals surface area (Å²) in [5, 5.41) is 3.84. The van der Waals surface area contributed by atoms with Crippen molar-refractivity contribution in [3.8, 4) is 5.75 Å². The maximum absolute atomic E-state index is 12.5. The number of benzene rings is 2. The first kappa shape index (κ1) is 18.1. The van der Waals surface area contributed by atoms with Gasteiger partial charge in [-0.15, -0.1) is 0 Å². The van der Waals surface area contributed by atoms with Crippen molar-refractivity contribution in [2.75, 3.05) is 14.2 Å². The molecule has 1 N–H and O–H groups in total. The lowest BCUT2D eigenvalue weighted by Gasteiger charge is -2.19. The van der Waals surface area contributed by atoms with Crippen molar-refractivity contribution in [3.63, 3.8) is 0 Å². The molecular formula is C19H19Cl2NO3. The second-order valence-electron chi connectivity index (χ2n) is 5.99. The number of halogens is 2. The zero-order valence-electron chi connectivity index (χ0n) is 14.0. The number of likely N-dealkylation sites (N-methyl/N-ethyl adjacent to an activating group) is 1. The molecule has 25 heavy (non-hydrogen) atoms. The van der Waals surface area contributed by atoms with Gasteiger partial charge in [-0.25, -0.2) is 0 Å². The molecule has 1 aliphatic rings. The largest absolute Gasteiger partial charge is 0.496 e. The fourth-order valence-corrected chi connectivity index (χ4v) is 3.47. The van der Waals surface area contributed by atoms with Gasteiger partial charge in [0, 0.05) is 28.6 Å². The third kappa shape index (κ3) is 3.47. The molecule has 0 aliphatic heterocycles. The summed E-state index contributed by atoms with van der Waals surface area (Å²) in [6, 6.07) is 12.9. The molecular weight excluding hydrogens is 361 g/mol. The summed E-state index contributed by atoms with van der Waals surface area (Å²) in [7, 11) is 3.23. The third-order valence-corrected chi connectivity index (χ3v) is 5.13. The van der Waals surface area contributed by atoms with Gasteiger partial charge in [0.15, 0.2) is 5.60 Å². The fraction of sp³-hybridized carbons (Fsp3) is 0.316. The second kappa shape index (κ2) is 7.24. The molecule has 4 nitrogen and oxygen atoms in total. The average molecular weight is 380 g/mol. The van der Waals surface area contributed by atoms with Crippen molar-refractivity contribution in [2.24, 2.45) is 0 Å². The van der Waals surface area contributed by atoms with E-state index in [1.807, 2.05) is 24.3 Å². The van der Waals surface area contributed by atoms with Gasteiger partial charge < -0.3 is 14.8 Å². The summed E-state index contributed by atoms with van der Waals surface area (Å²) in [5.74, 6) is 0.533. The van der Waals surface area contributed by atoms with Crippen LogP contribution in [0, 0.1) is 0 Å². The molecule has 1 fully saturated rings. The van der Waals surface area contributed by atoms with Crippen molar-refractivity contribution in [1.82, 2.24) is 5.32 Å². The van der Waals surface area contributed by atoms with Crippen molar-refractivity contribution in [3.05, 3.63) is 63.6 Å². The Morgan fingerprint density at radius 3 is 2.76 bits per heavy atom. The molecule has 0 radical (unpaired) electrons. The minimum Gasteiger partial charge on any atom is -0.496 e. The number of carbonyl (C=O) groups is 1. The molecule has 1 saturated carbocycles. The standard InChI is InChI=1S/C19H19Cl2NO3/c1-22-18(23)19(25-11-12-9-13(20)7-8-16(12)21)10-15(19)14-5-3-4-6-17(14)24-2/h3-9,15H,10-11H2,1-2H3,(H,22,23). The molecule has 0 bridgehead atoms. The summed E-state index contributed by atoms with van der Waals surface area (Å²) in [6.07, 6.45) is 0.589. The molecule has 0 aromatic heterocycles. The first-order valence-electron chi connectivity index (χ1n) is 7.95. The highest BCUT2D eigenvalue weighted by Crippen LogP contribution is 2.57. The monoisotopic (exact) mass is 379 g/mol. The second-order valence-corrected chi connectivity index (χ2v) is 6.84. The summed E-state index contributed by atoms with van der Waals surface area (Å²) < 4.78 is 11.5. The van der Waals surface area contributed by atoms with E-state index in [2.05, 4.69) is 5.32 Å². The van der Waals surface area contributed by atoms with Crippen LogP contribution in [0.4, 0.5) is 0 Å². The Kier molecular flexibility index (Phi) is 5.23. The summed E-state index contributed by atoms with van der Waals surface area (Å²) in [6.45, 7) is 0.207. The lowest BCUT2D eigenvalue weighted by atomic mass is 10.1. The van der Waals surface area contributed by atoms with Crippen LogP contribution in [0.25, 0.3) is 0 Å². The Morgan fingerprint density at radius 2 is 2.04 bits per heavy atom. The molecule has 2 unspecified atom stereocenters. The molecule has 0 spiro atoms. The van der Waals surface area contributed by atoms with Crippen LogP contribution in [0.5, 0.6) is 5.75 Å². The van der Waals surface area contributed by atoms with Crippen molar-refractivity contribution < 1.29 is 14.3 Å². The maximum Gasteiger partial charge on any atom is 0.252 e. The van der Waals surface area contributed by atoms with E-state index in [0.717, 1.165) is 16.9 Å². The van der Waals surface area contributed by atoms with Crippen molar-refractivity contribution in [2.45, 2.75) is 24.5 Å². The molecule has 1 aliphatic carbocycles. The summed E-state index contributed by atoms with van der Waals surface area (Å²) in [4.78, 5) is 12.5. The van der Waals surface area contributed by atoms with Crippen LogP contribution < -0.4 is 10.1 Å². The van der Waals surface area contributed by atoms with Gasteiger partial charge in [-0.05, 0) is 36.2 Å². The van der Waals surface area contributed by atoms with Gasteiger partial charge in [0.25, 0.3) is 5.91 Å². The zero-order chi connectivity index (χ0) is 18.0. The molecule has 0 saturated heterocycles. The highest BCUT2D eigenvalue weighted by molar-refractivity contribution is 6.33. The first-order valence-corrected chi connectivity index (χ1v) is 8.70. The number of para-hydroxylation sites is 1. The van der Waals surface area contributed by atoms with E-state index in [0.29, 0.717) is 16.5 Å². The topological polar surface area (TPSA) is 47.6 Å². The predicted octanol–water partition coefficient (Wildman–Crippen LogP) is 4.19. The lowest BCUT2D eigenvalue weighted by molar-refractivity contribution is -0.136. The quantitative estimate of drug-likeness (QED) is 0.818. The predicted molar refractivity (Wildman–Crippen MR) is 98.4 cm³/mol. The van der Waals surface area contributed by atoms with Crippen LogP contribution in [0.2, 0.25) is 10.0 Å². The Balaban J connectivity index is 1.84. The van der Waals surface area contributed by atoms with E-state index in [4.69, 9.17) is 32.7 Å². The molecule has 2 aromatic rings. The Morgan fingerprint density at radius 1 is 1.28 bits per heavy atom. The lowest BCUT2D eigenvalue weighted by Crippen LogP contribution is -2.37. The Hall–Kier alpha value is -1.75. The van der Waals surface area contributed by atoms with Crippen LogP contribution in [-0.4, -0.2) is 25.7 Å². The van der Waals surface area contributed by atoms with E-state index in [9.17, 15) is 4.79 Å². The molecule has 132 valence electrons. The number of hydrogen-bond donors (Lipinski definition) is 1. The highest BCUT2D eigenvalue weighted by Gasteiger charge is 2.62. The Labute approximate surface area is 157 Å². The number of hydrogen-bond acceptors (Lipinski definition) is 3. The van der Waals surface area contributed by atoms with Crippen LogP contribution in [0.3, 0.4) is 0 Å². The smallest absolute Gasteiger partial charge is 0.252 e. The summed E-state index contributed by atoms with van der Waals surface area (Å²) >= 11 is 12.2. The molecule has 0 heterocycles. The molecule has 1 amide bonds. The summed E-state index contributed by atoms with van der Waals surface area (Å²) in [5.41, 5.74) is 0.795. The van der Waals surface area contributed by atoms with E-state index in [1.54, 1.807) is 32.4 Å². The van der Waals surface area contributed by atoms with Gasteiger partial charge in [-0.1, -0.05) is 41.4 Å². The van der Waals surface area contributed by atoms with Crippen LogP contribution in [0.15, 0.2) is 42.5 Å². The van der Waals surface area contributed by atoms with E-state index >= 15 is 0 Å². The van der Waals surface area contributed by atoms with Gasteiger partial charge in [-0.3, -0.25) is 4.79 Å². The number of amides is 1. The fourth-order valence-electron chi connectivity index (χ4n) is 3.11. The highest BCUT2D eigenvalue weighted by atomic mass is 35.5. The van der Waals surface area contributed by atoms with Gasteiger partial charge in [-0.2, -0.15) is 0 Å². The van der Waals surface area contributed by atoms with Gasteiger partial charge in [0.2, 0.25) is 0 Å². The maximum atomic E-state index is 12.5. The zero-order valence-corrected chi connectivity index (χ0v) is 15.5. The SMILES string of the molecule is CNC(=O)C1(OCc2cc(Cl)ccc2Cl)CC1c1ccccc1OC. The van der Waals surface area contributed by atoms with E-state index in [-0.39, 0.29) is 18.4 Å². The number of ether oxygens (including phenoxy) is 2. The Bertz CT molecular complexity index is 796. The van der Waals surface area contributed by atoms with Gasteiger partial charge in [0.1, 0.15) is 5.75 Å². The van der Waals surface area contributed by atoms with Crippen LogP contribution in [0.1, 0.15) is 23.5 Å². The minimum atomic E-state index is -0.922. The van der Waals surface area contributed by atoms with E-state index < -0.39 is 5.60 Å². The number of carbonyl (C=O) groups excluding carboxylic acids is 1. The first-order chi connectivity index (χ1) is 12.0. The number of nitrogens with one attached hydrogen (secondary N) is 1. The molecule has 3 rings (SSSR count). The van der Waals surface area contributed by atoms with Crippen LogP contribution >= 0.6 is 23.2 Å². The average Bonchev–Trinajstić information content (AvgIpc) is 3.37. The van der Waals surface area contributed by atoms with Crippen LogP contribution in [-0.2, 0) is 16.1 Å². The van der Waals surface area contributed by atoms with Crippen molar-refractivity contribution in [1.29, 1.82) is 0 Å².